The zero-order chi connectivity index (χ0) is 24.8. The first-order chi connectivity index (χ1) is 16.3. The summed E-state index contributed by atoms with van der Waals surface area (Å²) in [4.78, 5) is 39.3. The molecule has 1 atom stereocenters. The van der Waals surface area contributed by atoms with E-state index in [9.17, 15) is 14.4 Å². The maximum absolute atomic E-state index is 13.1. The number of amides is 3. The second-order valence-electron chi connectivity index (χ2n) is 8.02. The van der Waals surface area contributed by atoms with Gasteiger partial charge in [0.1, 0.15) is 0 Å². The number of rotatable bonds is 9. The molecule has 1 aromatic carbocycles. The van der Waals surface area contributed by atoms with E-state index in [-0.39, 0.29) is 24.0 Å². The minimum absolute atomic E-state index is 0.166. The molecule has 34 heavy (non-hydrogen) atoms. The summed E-state index contributed by atoms with van der Waals surface area (Å²) >= 11 is 0. The minimum atomic E-state index is -0.847. The van der Waals surface area contributed by atoms with E-state index in [1.807, 2.05) is 0 Å². The molecule has 0 unspecified atom stereocenters. The topological polar surface area (TPSA) is 141 Å². The molecule has 0 radical (unpaired) electrons. The van der Waals surface area contributed by atoms with E-state index in [1.165, 1.54) is 21.3 Å². The Bertz CT molecular complexity index is 970. The summed E-state index contributed by atoms with van der Waals surface area (Å²) < 4.78 is 21.8. The van der Waals surface area contributed by atoms with E-state index >= 15 is 0 Å². The molecule has 2 aliphatic rings. The predicted molar refractivity (Wildman–Crippen MR) is 123 cm³/mol. The Balaban J connectivity index is 2.03. The average Bonchev–Trinajstić information content (AvgIpc) is 2.82. The number of carbonyl (C=O) groups is 3. The Hall–Kier alpha value is -3.47. The van der Waals surface area contributed by atoms with Gasteiger partial charge in [0.15, 0.2) is 11.5 Å². The van der Waals surface area contributed by atoms with Crippen LogP contribution in [0.15, 0.2) is 23.4 Å². The van der Waals surface area contributed by atoms with Crippen molar-refractivity contribution < 1.29 is 33.3 Å². The highest BCUT2D eigenvalue weighted by molar-refractivity contribution is 5.95. The van der Waals surface area contributed by atoms with Gasteiger partial charge in [-0.05, 0) is 45.0 Å². The number of methoxy groups -OCH3 is 3. The van der Waals surface area contributed by atoms with Crippen molar-refractivity contribution in [1.29, 1.82) is 0 Å². The lowest BCUT2D eigenvalue weighted by molar-refractivity contribution is -0.139. The Labute approximate surface area is 198 Å². The number of hydrogen-bond donors (Lipinski definition) is 3. The van der Waals surface area contributed by atoms with Gasteiger partial charge in [-0.1, -0.05) is 0 Å². The second-order valence-corrected chi connectivity index (χ2v) is 8.02. The predicted octanol–water partition coefficient (Wildman–Crippen LogP) is 1.08. The number of benzene rings is 1. The molecule has 0 aliphatic carbocycles. The quantitative estimate of drug-likeness (QED) is 0.450. The summed E-state index contributed by atoms with van der Waals surface area (Å²) in [5, 5.41) is 5.58. The molecule has 11 nitrogen and oxygen atoms in total. The van der Waals surface area contributed by atoms with Crippen LogP contribution in [0.3, 0.4) is 0 Å². The largest absolute Gasteiger partial charge is 0.493 e. The molecule has 3 rings (SSSR count). The molecular weight excluding hydrogens is 444 g/mol. The normalized spacial score (nSPS) is 19.2. The molecule has 2 aliphatic heterocycles. The first-order valence-electron chi connectivity index (χ1n) is 11.1. The molecule has 186 valence electrons. The smallest absolute Gasteiger partial charge is 0.338 e. The lowest BCUT2D eigenvalue weighted by atomic mass is 9.92. The van der Waals surface area contributed by atoms with Crippen molar-refractivity contribution in [3.05, 3.63) is 29.0 Å². The highest BCUT2D eigenvalue weighted by Crippen LogP contribution is 2.44. The zero-order valence-corrected chi connectivity index (χ0v) is 19.9. The van der Waals surface area contributed by atoms with Crippen LogP contribution in [0.1, 0.15) is 31.4 Å². The molecule has 0 spiro atoms. The van der Waals surface area contributed by atoms with E-state index in [1.54, 1.807) is 19.1 Å². The monoisotopic (exact) mass is 476 g/mol. The number of urea groups is 1. The lowest BCUT2D eigenvalue weighted by Crippen LogP contribution is -2.49. The van der Waals surface area contributed by atoms with Crippen molar-refractivity contribution in [2.75, 3.05) is 47.6 Å². The Morgan fingerprint density at radius 2 is 1.76 bits per heavy atom. The molecule has 2 heterocycles. The summed E-state index contributed by atoms with van der Waals surface area (Å²) in [6, 6.07) is 2.09. The van der Waals surface area contributed by atoms with Crippen LogP contribution >= 0.6 is 0 Å². The fourth-order valence-electron chi connectivity index (χ4n) is 4.38. The van der Waals surface area contributed by atoms with Crippen LogP contribution in [0.25, 0.3) is 0 Å². The van der Waals surface area contributed by atoms with Crippen LogP contribution in [0.2, 0.25) is 0 Å². The van der Waals surface area contributed by atoms with Crippen LogP contribution < -0.4 is 30.6 Å². The number of carbonyl (C=O) groups excluding carboxylic acids is 3. The summed E-state index contributed by atoms with van der Waals surface area (Å²) in [6.07, 6.45) is 1.24. The molecule has 0 bridgehead atoms. The standard InChI is InChI=1S/C23H32N4O7/c1-5-34-22(29)17-15(12-27-10-8-13(9-11-27)21(24)28)25-23(30)26-18(17)14-6-7-16(31-2)20(33-4)19(14)32-3/h6-7,13,18H,5,8-12H2,1-4H3,(H2,24,28)(H2,25,26,30)/t18-/m0/s1. The molecule has 1 aromatic rings. The summed E-state index contributed by atoms with van der Waals surface area (Å²) in [5.74, 6) is 0.0930. The van der Waals surface area contributed by atoms with Crippen molar-refractivity contribution in [2.24, 2.45) is 11.7 Å². The number of ether oxygens (including phenoxy) is 4. The van der Waals surface area contributed by atoms with Crippen molar-refractivity contribution in [3.63, 3.8) is 0 Å². The minimum Gasteiger partial charge on any atom is -0.493 e. The van der Waals surface area contributed by atoms with Gasteiger partial charge < -0.3 is 35.3 Å². The third kappa shape index (κ3) is 5.19. The number of hydrogen-bond acceptors (Lipinski definition) is 8. The number of primary amides is 1. The number of esters is 1. The molecule has 1 fully saturated rings. The van der Waals surface area contributed by atoms with E-state index in [4.69, 9.17) is 24.7 Å². The van der Waals surface area contributed by atoms with Crippen molar-refractivity contribution in [2.45, 2.75) is 25.8 Å². The van der Waals surface area contributed by atoms with Gasteiger partial charge in [-0.3, -0.25) is 9.69 Å². The molecule has 11 heteroatoms. The first-order valence-corrected chi connectivity index (χ1v) is 11.1. The molecule has 1 saturated heterocycles. The van der Waals surface area contributed by atoms with Gasteiger partial charge in [0.2, 0.25) is 11.7 Å². The summed E-state index contributed by atoms with van der Waals surface area (Å²) in [7, 11) is 4.46. The first kappa shape index (κ1) is 25.2. The SMILES string of the molecule is CCOC(=O)C1=C(CN2CCC(C(N)=O)CC2)NC(=O)N[C@H]1c1ccc(OC)c(OC)c1OC. The van der Waals surface area contributed by atoms with Crippen molar-refractivity contribution >= 4 is 17.9 Å². The van der Waals surface area contributed by atoms with Gasteiger partial charge in [0.25, 0.3) is 0 Å². The van der Waals surface area contributed by atoms with Crippen LogP contribution in [-0.2, 0) is 14.3 Å². The highest BCUT2D eigenvalue weighted by atomic mass is 16.5. The number of nitrogens with two attached hydrogens (primary N) is 1. The van der Waals surface area contributed by atoms with Gasteiger partial charge in [-0.2, -0.15) is 0 Å². The van der Waals surface area contributed by atoms with Crippen LogP contribution in [0.4, 0.5) is 4.79 Å². The lowest BCUT2D eigenvalue weighted by Gasteiger charge is -2.35. The van der Waals surface area contributed by atoms with Crippen LogP contribution in [0, 0.1) is 5.92 Å². The van der Waals surface area contributed by atoms with E-state index in [2.05, 4.69) is 15.5 Å². The second kappa shape index (κ2) is 11.1. The molecule has 0 aromatic heterocycles. The summed E-state index contributed by atoms with van der Waals surface area (Å²) in [6.45, 7) is 3.41. The van der Waals surface area contributed by atoms with Crippen molar-refractivity contribution in [3.8, 4) is 17.2 Å². The van der Waals surface area contributed by atoms with E-state index in [0.29, 0.717) is 61.0 Å². The van der Waals surface area contributed by atoms with E-state index in [0.717, 1.165) is 0 Å². The maximum atomic E-state index is 13.1. The van der Waals surface area contributed by atoms with Crippen LogP contribution in [0.5, 0.6) is 17.2 Å². The number of piperidine rings is 1. The Kier molecular flexibility index (Phi) is 8.21. The Morgan fingerprint density at radius 1 is 1.09 bits per heavy atom. The van der Waals surface area contributed by atoms with Gasteiger partial charge >= 0.3 is 12.0 Å². The van der Waals surface area contributed by atoms with Crippen molar-refractivity contribution in [1.82, 2.24) is 15.5 Å². The number of nitrogens with one attached hydrogen (secondary N) is 2. The van der Waals surface area contributed by atoms with Gasteiger partial charge in [0.05, 0.1) is 39.6 Å². The molecular formula is C23H32N4O7. The zero-order valence-electron chi connectivity index (χ0n) is 19.9. The number of nitrogens with zero attached hydrogens (tertiary/aromatic N) is 1. The fourth-order valence-corrected chi connectivity index (χ4v) is 4.38. The molecule has 0 saturated carbocycles. The fraction of sp³-hybridized carbons (Fsp3) is 0.522. The van der Waals surface area contributed by atoms with E-state index < -0.39 is 18.0 Å². The Morgan fingerprint density at radius 3 is 2.32 bits per heavy atom. The number of likely N-dealkylation sites (tertiary alicyclic amines) is 1. The third-order valence-corrected chi connectivity index (χ3v) is 6.07. The summed E-state index contributed by atoms with van der Waals surface area (Å²) in [5.41, 5.74) is 6.66. The average molecular weight is 477 g/mol. The van der Waals surface area contributed by atoms with Gasteiger partial charge in [0, 0.05) is 23.7 Å². The maximum Gasteiger partial charge on any atom is 0.338 e. The molecule has 4 N–H and O–H groups in total. The van der Waals surface area contributed by atoms with Gasteiger partial charge in [-0.25, -0.2) is 9.59 Å². The third-order valence-electron chi connectivity index (χ3n) is 6.07. The molecule has 3 amide bonds. The van der Waals surface area contributed by atoms with Crippen LogP contribution in [-0.4, -0.2) is 70.4 Å². The highest BCUT2D eigenvalue weighted by Gasteiger charge is 2.37. The van der Waals surface area contributed by atoms with Gasteiger partial charge in [-0.15, -0.1) is 0 Å².